The van der Waals surface area contributed by atoms with E-state index in [1.54, 1.807) is 24.3 Å². The topological polar surface area (TPSA) is 128 Å². The molecule has 1 aliphatic carbocycles. The first-order valence-corrected chi connectivity index (χ1v) is 17.8. The van der Waals surface area contributed by atoms with Gasteiger partial charge in [0, 0.05) is 38.3 Å². The summed E-state index contributed by atoms with van der Waals surface area (Å²) < 4.78 is 31.2. The van der Waals surface area contributed by atoms with Crippen LogP contribution in [0.3, 0.4) is 0 Å². The molecule has 11 heteroatoms. The smallest absolute Gasteiger partial charge is 0.246 e. The maximum atomic E-state index is 13.8. The highest BCUT2D eigenvalue weighted by molar-refractivity contribution is 7.92. The quantitative estimate of drug-likeness (QED) is 0.337. The molecule has 2 heterocycles. The molecule has 3 aliphatic rings. The molecule has 1 spiro atoms. The van der Waals surface area contributed by atoms with E-state index in [0.29, 0.717) is 68.9 Å². The molecule has 0 radical (unpaired) electrons. The van der Waals surface area contributed by atoms with E-state index in [-0.39, 0.29) is 11.8 Å². The van der Waals surface area contributed by atoms with Gasteiger partial charge in [-0.05, 0) is 74.1 Å². The second-order valence-electron chi connectivity index (χ2n) is 12.8. The third kappa shape index (κ3) is 7.73. The normalized spacial score (nSPS) is 22.1. The average Bonchev–Trinajstić information content (AvgIpc) is 2.98. The van der Waals surface area contributed by atoms with Gasteiger partial charge in [0.15, 0.2) is 0 Å². The van der Waals surface area contributed by atoms with E-state index >= 15 is 0 Å². The lowest BCUT2D eigenvalue weighted by Gasteiger charge is -2.52. The van der Waals surface area contributed by atoms with E-state index in [4.69, 9.17) is 4.74 Å². The molecule has 0 bridgehead atoms. The van der Waals surface area contributed by atoms with Gasteiger partial charge in [-0.25, -0.2) is 8.42 Å². The van der Waals surface area contributed by atoms with Gasteiger partial charge >= 0.3 is 0 Å². The van der Waals surface area contributed by atoms with Crippen LogP contribution in [0.4, 0.5) is 5.69 Å². The Morgan fingerprint density at radius 1 is 0.955 bits per heavy atom. The van der Waals surface area contributed by atoms with Crippen molar-refractivity contribution < 1.29 is 27.9 Å². The van der Waals surface area contributed by atoms with E-state index in [9.17, 15) is 23.1 Å². The number of nitrogens with zero attached hydrogens (tertiary/aromatic N) is 2. The Kier molecular flexibility index (Phi) is 9.86. The summed E-state index contributed by atoms with van der Waals surface area (Å²) >= 11 is 0. The number of hydrogen-bond donors (Lipinski definition) is 3. The van der Waals surface area contributed by atoms with Crippen molar-refractivity contribution in [2.24, 2.45) is 0 Å². The molecule has 2 aromatic carbocycles. The highest BCUT2D eigenvalue weighted by Gasteiger charge is 2.54. The van der Waals surface area contributed by atoms with Crippen LogP contribution in [0.1, 0.15) is 76.7 Å². The Balaban J connectivity index is 1.18. The maximum absolute atomic E-state index is 13.8. The summed E-state index contributed by atoms with van der Waals surface area (Å²) in [7, 11) is -3.34. The molecule has 2 aromatic rings. The Bertz CT molecular complexity index is 1400. The molecule has 5 rings (SSSR count). The van der Waals surface area contributed by atoms with E-state index in [1.165, 1.54) is 0 Å². The number of unbranched alkanes of at least 4 members (excludes halogenated alkanes) is 1. The van der Waals surface area contributed by atoms with Crippen LogP contribution in [0, 0.1) is 0 Å². The van der Waals surface area contributed by atoms with Crippen molar-refractivity contribution in [3.05, 3.63) is 54.1 Å². The largest absolute Gasteiger partial charge is 0.457 e. The van der Waals surface area contributed by atoms with Crippen molar-refractivity contribution in [2.75, 3.05) is 30.6 Å². The number of hydrogen-bond acceptors (Lipinski definition) is 7. The van der Waals surface area contributed by atoms with Crippen LogP contribution in [0.5, 0.6) is 11.5 Å². The first-order valence-electron chi connectivity index (χ1n) is 15.9. The van der Waals surface area contributed by atoms with Gasteiger partial charge in [-0.15, -0.1) is 0 Å². The number of benzene rings is 2. The molecule has 1 atom stereocenters. The number of likely N-dealkylation sites (tertiary alicyclic amines) is 1. The van der Waals surface area contributed by atoms with Crippen molar-refractivity contribution in [1.82, 2.24) is 15.1 Å². The number of piperazine rings is 1. The number of nitrogens with one attached hydrogen (secondary N) is 2. The van der Waals surface area contributed by atoms with Gasteiger partial charge in [0.25, 0.3) is 0 Å². The van der Waals surface area contributed by atoms with E-state index in [2.05, 4.69) is 21.9 Å². The van der Waals surface area contributed by atoms with Crippen LogP contribution in [0.15, 0.2) is 48.5 Å². The zero-order valence-corrected chi connectivity index (χ0v) is 26.7. The first kappa shape index (κ1) is 32.2. The molecular weight excluding hydrogens is 580 g/mol. The zero-order valence-electron chi connectivity index (χ0n) is 25.9. The highest BCUT2D eigenvalue weighted by atomic mass is 32.2. The third-order valence-corrected chi connectivity index (χ3v) is 9.92. The lowest BCUT2D eigenvalue weighted by molar-refractivity contribution is -0.163. The molecule has 3 N–H and O–H groups in total. The second kappa shape index (κ2) is 13.5. The monoisotopic (exact) mass is 626 g/mol. The molecule has 2 amide bonds. The fourth-order valence-electron chi connectivity index (χ4n) is 6.89. The van der Waals surface area contributed by atoms with Crippen molar-refractivity contribution in [3.63, 3.8) is 0 Å². The number of carbonyl (C=O) groups is 2. The van der Waals surface area contributed by atoms with Crippen LogP contribution < -0.4 is 14.8 Å². The fourth-order valence-corrected chi connectivity index (χ4v) is 7.45. The SMILES string of the molecule is CCCCN1C(=O)[C@@H](CC2(O)CCCCC2)NC(=O)C12CCN(Cc1ccc(Oc3ccc(NS(C)(=O)=O)cc3)cc1)CC2. The van der Waals surface area contributed by atoms with Crippen LogP contribution in [-0.2, 0) is 26.2 Å². The predicted molar refractivity (Wildman–Crippen MR) is 170 cm³/mol. The van der Waals surface area contributed by atoms with Crippen molar-refractivity contribution in [3.8, 4) is 11.5 Å². The van der Waals surface area contributed by atoms with Crippen molar-refractivity contribution >= 4 is 27.5 Å². The van der Waals surface area contributed by atoms with Crippen LogP contribution in [-0.4, -0.2) is 78.2 Å². The summed E-state index contributed by atoms with van der Waals surface area (Å²) in [5, 5.41) is 14.2. The zero-order chi connectivity index (χ0) is 31.4. The minimum atomic E-state index is -3.34. The van der Waals surface area contributed by atoms with Crippen molar-refractivity contribution in [1.29, 1.82) is 0 Å². The Morgan fingerprint density at radius 2 is 1.57 bits per heavy atom. The lowest BCUT2D eigenvalue weighted by Crippen LogP contribution is -2.73. The summed E-state index contributed by atoms with van der Waals surface area (Å²) in [6, 6.07) is 13.9. The van der Waals surface area contributed by atoms with Crippen LogP contribution in [0.25, 0.3) is 0 Å². The molecule has 0 unspecified atom stereocenters. The predicted octanol–water partition coefficient (Wildman–Crippen LogP) is 4.40. The van der Waals surface area contributed by atoms with Gasteiger partial charge in [0.1, 0.15) is 23.1 Å². The minimum absolute atomic E-state index is 0.0395. The number of amides is 2. The molecule has 1 saturated carbocycles. The molecule has 3 fully saturated rings. The number of aliphatic hydroxyl groups is 1. The second-order valence-corrected chi connectivity index (χ2v) is 14.6. The number of piperidine rings is 1. The number of sulfonamides is 1. The van der Waals surface area contributed by atoms with Crippen molar-refractivity contribution in [2.45, 2.75) is 94.9 Å². The summed E-state index contributed by atoms with van der Waals surface area (Å²) in [4.78, 5) is 31.7. The van der Waals surface area contributed by atoms with Gasteiger partial charge in [0.05, 0.1) is 11.9 Å². The molecule has 2 saturated heterocycles. The van der Waals surface area contributed by atoms with Gasteiger partial charge in [-0.1, -0.05) is 44.7 Å². The Morgan fingerprint density at radius 3 is 2.16 bits per heavy atom. The Labute approximate surface area is 261 Å². The minimum Gasteiger partial charge on any atom is -0.457 e. The molecule has 10 nitrogen and oxygen atoms in total. The maximum Gasteiger partial charge on any atom is 0.246 e. The average molecular weight is 627 g/mol. The summed E-state index contributed by atoms with van der Waals surface area (Å²) in [6.07, 6.45) is 8.75. The van der Waals surface area contributed by atoms with Crippen LogP contribution >= 0.6 is 0 Å². The molecule has 0 aromatic heterocycles. The number of anilines is 1. The molecule has 44 heavy (non-hydrogen) atoms. The number of carbonyl (C=O) groups excluding carboxylic acids is 2. The third-order valence-electron chi connectivity index (χ3n) is 9.32. The lowest BCUT2D eigenvalue weighted by atomic mass is 9.77. The summed E-state index contributed by atoms with van der Waals surface area (Å²) in [5.74, 6) is 1.16. The van der Waals surface area contributed by atoms with E-state index in [0.717, 1.165) is 50.5 Å². The van der Waals surface area contributed by atoms with Crippen LogP contribution in [0.2, 0.25) is 0 Å². The van der Waals surface area contributed by atoms with E-state index in [1.807, 2.05) is 29.2 Å². The number of ether oxygens (including phenoxy) is 1. The first-order chi connectivity index (χ1) is 21.0. The molecular formula is C33H46N4O6S. The fraction of sp³-hybridized carbons (Fsp3) is 0.576. The van der Waals surface area contributed by atoms with Gasteiger partial charge < -0.3 is 20.1 Å². The Hall–Kier alpha value is -3.15. The molecule has 240 valence electrons. The number of rotatable bonds is 11. The molecule has 2 aliphatic heterocycles. The van der Waals surface area contributed by atoms with Gasteiger partial charge in [-0.3, -0.25) is 19.2 Å². The summed E-state index contributed by atoms with van der Waals surface area (Å²) in [5.41, 5.74) is -0.120. The highest BCUT2D eigenvalue weighted by Crippen LogP contribution is 2.38. The van der Waals surface area contributed by atoms with Gasteiger partial charge in [-0.2, -0.15) is 0 Å². The summed E-state index contributed by atoms with van der Waals surface area (Å²) in [6.45, 7) is 4.78. The van der Waals surface area contributed by atoms with Gasteiger partial charge in [0.2, 0.25) is 21.8 Å². The standard InChI is InChI=1S/C33H46N4O6S/c1-3-4-20-37-30(38)29(23-32(40)16-6-5-7-17-32)34-31(39)33(37)18-21-36(22-19-33)24-25-8-12-27(13-9-25)43-28-14-10-26(11-15-28)35-44(2,41)42/h8-15,29,35,40H,3-7,16-24H2,1-2H3,(H,34,39)/t29-/m1/s1. The van der Waals surface area contributed by atoms with E-state index < -0.39 is 27.2 Å².